The number of esters is 2. The van der Waals surface area contributed by atoms with E-state index in [2.05, 4.69) is 6.92 Å². The zero-order valence-corrected chi connectivity index (χ0v) is 20.5. The second-order valence-corrected chi connectivity index (χ2v) is 8.90. The van der Waals surface area contributed by atoms with E-state index in [1.165, 1.54) is 51.4 Å². The number of hydrogen-bond donors (Lipinski definition) is 1. The van der Waals surface area contributed by atoms with Gasteiger partial charge in [-0.15, -0.1) is 0 Å². The Morgan fingerprint density at radius 3 is 2.03 bits per heavy atom. The maximum absolute atomic E-state index is 12.8. The molecule has 0 bridgehead atoms. The molecule has 1 aliphatic heterocycles. The Morgan fingerprint density at radius 1 is 0.800 bits per heavy atom. The van der Waals surface area contributed by atoms with Crippen LogP contribution in [0.25, 0.3) is 5.70 Å². The fourth-order valence-corrected chi connectivity index (χ4v) is 4.12. The first-order valence-electron chi connectivity index (χ1n) is 12.7. The largest absolute Gasteiger partial charge is 0.462 e. The number of nitrogens with two attached hydrogens (primary N) is 1. The highest BCUT2D eigenvalue weighted by Crippen LogP contribution is 2.30. The van der Waals surface area contributed by atoms with E-state index in [0.717, 1.165) is 12.8 Å². The van der Waals surface area contributed by atoms with E-state index in [0.29, 0.717) is 17.7 Å². The van der Waals surface area contributed by atoms with Gasteiger partial charge in [0.2, 0.25) is 5.78 Å². The van der Waals surface area contributed by atoms with E-state index >= 15 is 0 Å². The van der Waals surface area contributed by atoms with Gasteiger partial charge in [-0.1, -0.05) is 89.0 Å². The lowest BCUT2D eigenvalue weighted by Crippen LogP contribution is -2.28. The maximum Gasteiger partial charge on any atom is 0.349 e. The molecule has 2 N–H and O–H groups in total. The van der Waals surface area contributed by atoms with Gasteiger partial charge in [-0.3, -0.25) is 4.79 Å². The smallest absolute Gasteiger partial charge is 0.349 e. The van der Waals surface area contributed by atoms with Gasteiger partial charge in [0.05, 0.1) is 23.4 Å². The highest BCUT2D eigenvalue weighted by Gasteiger charge is 2.33. The van der Waals surface area contributed by atoms with Crippen molar-refractivity contribution in [3.05, 3.63) is 70.8 Å². The van der Waals surface area contributed by atoms with E-state index in [4.69, 9.17) is 15.2 Å². The molecule has 6 nitrogen and oxygen atoms in total. The minimum atomic E-state index is -0.786. The van der Waals surface area contributed by atoms with Crippen LogP contribution >= 0.6 is 0 Å². The molecule has 0 atom stereocenters. The molecule has 2 aromatic rings. The van der Waals surface area contributed by atoms with Gasteiger partial charge in [0.25, 0.3) is 0 Å². The van der Waals surface area contributed by atoms with Crippen molar-refractivity contribution >= 4 is 23.4 Å². The molecule has 6 heteroatoms. The summed E-state index contributed by atoms with van der Waals surface area (Å²) in [5, 5.41) is 0. The molecule has 35 heavy (non-hydrogen) atoms. The highest BCUT2D eigenvalue weighted by molar-refractivity contribution is 6.31. The normalized spacial score (nSPS) is 14.3. The van der Waals surface area contributed by atoms with Crippen LogP contribution in [0.5, 0.6) is 5.75 Å². The summed E-state index contributed by atoms with van der Waals surface area (Å²) in [5.74, 6) is -1.44. The van der Waals surface area contributed by atoms with E-state index in [-0.39, 0.29) is 22.6 Å². The van der Waals surface area contributed by atoms with Gasteiger partial charge in [0, 0.05) is 0 Å². The number of carbonyl (C=O) groups is 3. The Balaban J connectivity index is 1.45. The molecule has 3 rings (SSSR count). The summed E-state index contributed by atoms with van der Waals surface area (Å²) in [5.41, 5.74) is 7.09. The predicted octanol–water partition coefficient (Wildman–Crippen LogP) is 6.24. The molecule has 0 spiro atoms. The molecule has 0 saturated carbocycles. The summed E-state index contributed by atoms with van der Waals surface area (Å²) in [6.07, 6.45) is 12.2. The van der Waals surface area contributed by atoms with Crippen molar-refractivity contribution in [1.29, 1.82) is 0 Å². The van der Waals surface area contributed by atoms with Crippen molar-refractivity contribution in [1.82, 2.24) is 0 Å². The van der Waals surface area contributed by atoms with Gasteiger partial charge >= 0.3 is 11.9 Å². The van der Waals surface area contributed by atoms with Gasteiger partial charge in [0.1, 0.15) is 11.3 Å². The molecule has 0 aromatic heterocycles. The number of ketones is 1. The van der Waals surface area contributed by atoms with Crippen molar-refractivity contribution < 1.29 is 23.9 Å². The van der Waals surface area contributed by atoms with Crippen molar-refractivity contribution in [2.75, 3.05) is 6.61 Å². The summed E-state index contributed by atoms with van der Waals surface area (Å²) >= 11 is 0. The molecular weight excluding hydrogens is 442 g/mol. The van der Waals surface area contributed by atoms with Crippen LogP contribution in [0.4, 0.5) is 0 Å². The molecular formula is C29H35NO5. The number of hydrogen-bond acceptors (Lipinski definition) is 6. The molecule has 1 heterocycles. The lowest BCUT2D eigenvalue weighted by atomic mass is 9.95. The Labute approximate surface area is 207 Å². The topological polar surface area (TPSA) is 95.7 Å². The van der Waals surface area contributed by atoms with Crippen LogP contribution in [-0.4, -0.2) is 24.3 Å². The number of unbranched alkanes of at least 4 members (excludes halogenated alkanes) is 9. The van der Waals surface area contributed by atoms with Crippen molar-refractivity contribution in [3.63, 3.8) is 0 Å². The van der Waals surface area contributed by atoms with Gasteiger partial charge in [0.15, 0.2) is 0 Å². The Kier molecular flexibility index (Phi) is 10.1. The quantitative estimate of drug-likeness (QED) is 0.121. The summed E-state index contributed by atoms with van der Waals surface area (Å²) in [6, 6.07) is 12.9. The molecule has 2 aromatic carbocycles. The molecule has 0 saturated heterocycles. The lowest BCUT2D eigenvalue weighted by Gasteiger charge is -2.18. The Hall–Kier alpha value is -3.41. The number of para-hydroxylation sites is 1. The minimum absolute atomic E-state index is 0.0137. The number of Topliss-reactive ketones (excluding diaryl/α,β-unsaturated/α-hetero) is 1. The Bertz CT molecular complexity index is 1050. The van der Waals surface area contributed by atoms with Crippen LogP contribution in [0.2, 0.25) is 0 Å². The molecule has 0 unspecified atom stereocenters. The highest BCUT2D eigenvalue weighted by atomic mass is 16.5. The van der Waals surface area contributed by atoms with E-state index in [1.807, 2.05) is 0 Å². The van der Waals surface area contributed by atoms with E-state index in [1.54, 1.807) is 48.5 Å². The first kappa shape index (κ1) is 26.2. The third-order valence-corrected chi connectivity index (χ3v) is 6.20. The van der Waals surface area contributed by atoms with Crippen LogP contribution in [-0.2, 0) is 9.53 Å². The van der Waals surface area contributed by atoms with Crippen molar-refractivity contribution in [3.8, 4) is 5.75 Å². The SMILES string of the molecule is CCCCCCCCCCCCOC(=O)c1ccc(/C(N)=C2/C(=O)Oc3ccccc3C2=O)cc1. The van der Waals surface area contributed by atoms with Crippen molar-refractivity contribution in [2.24, 2.45) is 5.73 Å². The molecule has 0 fully saturated rings. The maximum atomic E-state index is 12.8. The molecule has 1 aliphatic rings. The van der Waals surface area contributed by atoms with E-state index < -0.39 is 17.7 Å². The zero-order valence-electron chi connectivity index (χ0n) is 20.5. The zero-order chi connectivity index (χ0) is 25.0. The standard InChI is InChI=1S/C29H35NO5/c1-2-3-4-5-6-7-8-9-10-13-20-34-28(32)22-18-16-21(17-19-22)26(30)25-27(31)23-14-11-12-15-24(23)35-29(25)33/h11-12,14-19H,2-10,13,20,30H2,1H3/b26-25-. The second kappa shape index (κ2) is 13.5. The number of fused-ring (bicyclic) bond motifs is 1. The third kappa shape index (κ3) is 7.28. The van der Waals surface area contributed by atoms with Crippen LogP contribution < -0.4 is 10.5 Å². The second-order valence-electron chi connectivity index (χ2n) is 8.90. The number of rotatable bonds is 13. The van der Waals surface area contributed by atoms with E-state index in [9.17, 15) is 14.4 Å². The summed E-state index contributed by atoms with van der Waals surface area (Å²) in [4.78, 5) is 37.5. The fourth-order valence-electron chi connectivity index (χ4n) is 4.12. The van der Waals surface area contributed by atoms with Gasteiger partial charge in [-0.25, -0.2) is 9.59 Å². The minimum Gasteiger partial charge on any atom is -0.462 e. The third-order valence-electron chi connectivity index (χ3n) is 6.20. The average Bonchev–Trinajstić information content (AvgIpc) is 2.87. The number of benzene rings is 2. The molecule has 0 radical (unpaired) electrons. The fraction of sp³-hybridized carbons (Fsp3) is 0.414. The van der Waals surface area contributed by atoms with Gasteiger partial charge in [-0.05, 0) is 36.2 Å². The van der Waals surface area contributed by atoms with Crippen LogP contribution in [0, 0.1) is 0 Å². The van der Waals surface area contributed by atoms with Gasteiger partial charge < -0.3 is 15.2 Å². The summed E-state index contributed by atoms with van der Waals surface area (Å²) in [6.45, 7) is 2.62. The van der Waals surface area contributed by atoms with Crippen LogP contribution in [0.15, 0.2) is 54.1 Å². The molecule has 186 valence electrons. The van der Waals surface area contributed by atoms with Crippen molar-refractivity contribution in [2.45, 2.75) is 71.1 Å². The average molecular weight is 478 g/mol. The molecule has 0 amide bonds. The number of ether oxygens (including phenoxy) is 2. The first-order valence-corrected chi connectivity index (χ1v) is 12.7. The Morgan fingerprint density at radius 2 is 1.37 bits per heavy atom. The monoisotopic (exact) mass is 477 g/mol. The van der Waals surface area contributed by atoms with Crippen LogP contribution in [0.1, 0.15) is 97.4 Å². The molecule has 0 aliphatic carbocycles. The predicted molar refractivity (Wildman–Crippen MR) is 136 cm³/mol. The lowest BCUT2D eigenvalue weighted by molar-refractivity contribution is -0.130. The summed E-state index contributed by atoms with van der Waals surface area (Å²) in [7, 11) is 0. The number of carbonyl (C=O) groups excluding carboxylic acids is 3. The first-order chi connectivity index (χ1) is 17.0. The summed E-state index contributed by atoms with van der Waals surface area (Å²) < 4.78 is 10.6. The van der Waals surface area contributed by atoms with Gasteiger partial charge in [-0.2, -0.15) is 0 Å². The van der Waals surface area contributed by atoms with Crippen LogP contribution in [0.3, 0.4) is 0 Å².